The Labute approximate surface area is 123 Å². The van der Waals surface area contributed by atoms with E-state index in [9.17, 15) is 18.0 Å². The minimum atomic E-state index is -4.40. The van der Waals surface area contributed by atoms with Gasteiger partial charge in [-0.1, -0.05) is 30.3 Å². The van der Waals surface area contributed by atoms with Crippen LogP contribution in [0.4, 0.5) is 13.2 Å². The van der Waals surface area contributed by atoms with Gasteiger partial charge in [-0.15, -0.1) is 11.3 Å². The van der Waals surface area contributed by atoms with Crippen LogP contribution in [-0.2, 0) is 4.79 Å². The van der Waals surface area contributed by atoms with Crippen LogP contribution >= 0.6 is 11.3 Å². The number of hydrogen-bond acceptors (Lipinski definition) is 2. The number of thiophene rings is 1. The van der Waals surface area contributed by atoms with Crippen molar-refractivity contribution in [3.05, 3.63) is 53.4 Å². The molecule has 0 saturated heterocycles. The molecule has 0 atom stereocenters. The Balaban J connectivity index is 1.96. The van der Waals surface area contributed by atoms with Crippen LogP contribution < -0.4 is 5.32 Å². The number of halogens is 3. The van der Waals surface area contributed by atoms with Gasteiger partial charge in [0.15, 0.2) is 0 Å². The summed E-state index contributed by atoms with van der Waals surface area (Å²) in [6.07, 6.45) is -1.79. The van der Waals surface area contributed by atoms with Crippen molar-refractivity contribution in [2.24, 2.45) is 0 Å². The summed E-state index contributed by atoms with van der Waals surface area (Å²) < 4.78 is 35.8. The summed E-state index contributed by atoms with van der Waals surface area (Å²) in [7, 11) is 0. The second-order valence-corrected chi connectivity index (χ2v) is 5.35. The molecule has 0 aliphatic rings. The molecule has 1 heterocycles. The van der Waals surface area contributed by atoms with Crippen LogP contribution in [0, 0.1) is 0 Å². The number of hydrogen-bond donors (Lipinski definition) is 1. The number of amides is 1. The van der Waals surface area contributed by atoms with E-state index in [1.165, 1.54) is 17.4 Å². The minimum absolute atomic E-state index is 0.762. The summed E-state index contributed by atoms with van der Waals surface area (Å²) in [4.78, 5) is 13.1. The molecule has 0 spiro atoms. The molecule has 0 aliphatic carbocycles. The van der Waals surface area contributed by atoms with Crippen molar-refractivity contribution < 1.29 is 18.0 Å². The molecule has 1 amide bonds. The van der Waals surface area contributed by atoms with Crippen LogP contribution in [0.15, 0.2) is 48.5 Å². The summed E-state index contributed by atoms with van der Waals surface area (Å²) in [5.74, 6) is -0.762. The molecule has 2 rings (SSSR count). The fraction of sp³-hybridized carbons (Fsp3) is 0.133. The Morgan fingerprint density at radius 1 is 1.14 bits per heavy atom. The van der Waals surface area contributed by atoms with Crippen molar-refractivity contribution in [3.63, 3.8) is 0 Å². The lowest BCUT2D eigenvalue weighted by Gasteiger charge is -2.05. The molecule has 1 N–H and O–H groups in total. The quantitative estimate of drug-likeness (QED) is 0.846. The Morgan fingerprint density at radius 3 is 2.52 bits per heavy atom. The van der Waals surface area contributed by atoms with Crippen LogP contribution in [0.1, 0.15) is 4.88 Å². The Hall–Kier alpha value is -2.08. The smallest absolute Gasteiger partial charge is 0.343 e. The Bertz CT molecular complexity index is 632. The zero-order chi connectivity index (χ0) is 15.3. The van der Waals surface area contributed by atoms with Gasteiger partial charge in [-0.25, -0.2) is 0 Å². The van der Waals surface area contributed by atoms with Gasteiger partial charge in [0.2, 0.25) is 5.91 Å². The Morgan fingerprint density at radius 2 is 1.86 bits per heavy atom. The molecule has 0 radical (unpaired) electrons. The van der Waals surface area contributed by atoms with Gasteiger partial charge in [-0.3, -0.25) is 4.79 Å². The van der Waals surface area contributed by atoms with Crippen molar-refractivity contribution >= 4 is 23.3 Å². The SMILES string of the molecule is O=C(/C=C/c1ccc(-c2ccccc2)s1)NCC(F)(F)F. The van der Waals surface area contributed by atoms with Crippen LogP contribution in [-0.4, -0.2) is 18.6 Å². The standard InChI is InChI=1S/C15H12F3NOS/c16-15(17,18)10-19-14(20)9-7-12-6-8-13(21-12)11-4-2-1-3-5-11/h1-9H,10H2,(H,19,20)/b9-7+. The number of rotatable bonds is 4. The van der Waals surface area contributed by atoms with E-state index < -0.39 is 18.6 Å². The van der Waals surface area contributed by atoms with Crippen molar-refractivity contribution in [1.29, 1.82) is 0 Å². The summed E-state index contributed by atoms with van der Waals surface area (Å²) in [5.41, 5.74) is 1.06. The van der Waals surface area contributed by atoms with Crippen LogP contribution in [0.3, 0.4) is 0 Å². The summed E-state index contributed by atoms with van der Waals surface area (Å²) in [6.45, 7) is -1.32. The fourth-order valence-corrected chi connectivity index (χ4v) is 2.52. The average molecular weight is 311 g/mol. The second kappa shape index (κ2) is 6.58. The van der Waals surface area contributed by atoms with Gasteiger partial charge in [0, 0.05) is 15.8 Å². The average Bonchev–Trinajstić information content (AvgIpc) is 2.92. The monoisotopic (exact) mass is 311 g/mol. The highest BCUT2D eigenvalue weighted by Crippen LogP contribution is 2.28. The second-order valence-electron chi connectivity index (χ2n) is 4.23. The molecule has 0 bridgehead atoms. The van der Waals surface area contributed by atoms with Crippen LogP contribution in [0.25, 0.3) is 16.5 Å². The molecule has 0 fully saturated rings. The molecule has 0 aliphatic heterocycles. The third-order valence-corrected chi connectivity index (χ3v) is 3.65. The lowest BCUT2D eigenvalue weighted by atomic mass is 10.2. The van der Waals surface area contributed by atoms with Crippen LogP contribution in [0.2, 0.25) is 0 Å². The maximum Gasteiger partial charge on any atom is 0.405 e. The number of benzene rings is 1. The molecule has 0 unspecified atom stereocenters. The predicted octanol–water partition coefficient (Wildman–Crippen LogP) is 4.11. The number of alkyl halides is 3. The molecule has 21 heavy (non-hydrogen) atoms. The topological polar surface area (TPSA) is 29.1 Å². The van der Waals surface area contributed by atoms with Gasteiger partial charge in [-0.2, -0.15) is 13.2 Å². The Kier molecular flexibility index (Phi) is 4.80. The maximum atomic E-state index is 11.9. The van der Waals surface area contributed by atoms with Crippen LogP contribution in [0.5, 0.6) is 0 Å². The zero-order valence-corrected chi connectivity index (χ0v) is 11.7. The molecule has 1 aromatic heterocycles. The highest BCUT2D eigenvalue weighted by atomic mass is 32.1. The first-order valence-electron chi connectivity index (χ1n) is 6.12. The normalized spacial score (nSPS) is 11.8. The highest BCUT2D eigenvalue weighted by Gasteiger charge is 2.27. The number of nitrogens with one attached hydrogen (secondary N) is 1. The molecular formula is C15H12F3NOS. The molecule has 1 aromatic carbocycles. The fourth-order valence-electron chi connectivity index (χ4n) is 1.60. The van der Waals surface area contributed by atoms with Gasteiger partial charge >= 0.3 is 6.18 Å². The number of carbonyl (C=O) groups excluding carboxylic acids is 1. The lowest BCUT2D eigenvalue weighted by Crippen LogP contribution is -2.32. The van der Waals surface area contributed by atoms with Gasteiger partial charge < -0.3 is 5.32 Å². The van der Waals surface area contributed by atoms with Gasteiger partial charge in [-0.05, 0) is 23.8 Å². The summed E-state index contributed by atoms with van der Waals surface area (Å²) in [6, 6.07) is 13.4. The van der Waals surface area contributed by atoms with E-state index in [1.807, 2.05) is 42.5 Å². The molecule has 2 nitrogen and oxygen atoms in total. The van der Waals surface area contributed by atoms with E-state index in [-0.39, 0.29) is 0 Å². The summed E-state index contributed by atoms with van der Waals surface area (Å²) in [5, 5.41) is 1.79. The first-order valence-corrected chi connectivity index (χ1v) is 6.93. The number of carbonyl (C=O) groups is 1. The molecule has 2 aromatic rings. The first kappa shape index (κ1) is 15.3. The first-order chi connectivity index (χ1) is 9.94. The highest BCUT2D eigenvalue weighted by molar-refractivity contribution is 7.16. The molecule has 110 valence electrons. The van der Waals surface area contributed by atoms with Crippen molar-refractivity contribution in [2.75, 3.05) is 6.54 Å². The van der Waals surface area contributed by atoms with Gasteiger partial charge in [0.1, 0.15) is 6.54 Å². The zero-order valence-electron chi connectivity index (χ0n) is 10.9. The van der Waals surface area contributed by atoms with Crippen molar-refractivity contribution in [2.45, 2.75) is 6.18 Å². The largest absolute Gasteiger partial charge is 0.405 e. The van der Waals surface area contributed by atoms with E-state index in [2.05, 4.69) is 0 Å². The van der Waals surface area contributed by atoms with E-state index in [0.717, 1.165) is 21.4 Å². The van der Waals surface area contributed by atoms with E-state index in [4.69, 9.17) is 0 Å². The van der Waals surface area contributed by atoms with E-state index in [1.54, 1.807) is 5.32 Å². The molecule has 6 heteroatoms. The molecule has 0 saturated carbocycles. The van der Waals surface area contributed by atoms with Crippen molar-refractivity contribution in [1.82, 2.24) is 5.32 Å². The van der Waals surface area contributed by atoms with E-state index >= 15 is 0 Å². The van der Waals surface area contributed by atoms with Crippen molar-refractivity contribution in [3.8, 4) is 10.4 Å². The molecular weight excluding hydrogens is 299 g/mol. The van der Waals surface area contributed by atoms with Gasteiger partial charge in [0.05, 0.1) is 0 Å². The third kappa shape index (κ3) is 5.07. The minimum Gasteiger partial charge on any atom is -0.343 e. The lowest BCUT2D eigenvalue weighted by molar-refractivity contribution is -0.135. The van der Waals surface area contributed by atoms with E-state index in [0.29, 0.717) is 0 Å². The predicted molar refractivity (Wildman–Crippen MR) is 77.9 cm³/mol. The van der Waals surface area contributed by atoms with Gasteiger partial charge in [0.25, 0.3) is 0 Å². The third-order valence-electron chi connectivity index (χ3n) is 2.55. The summed E-state index contributed by atoms with van der Waals surface area (Å²) >= 11 is 1.46. The maximum absolute atomic E-state index is 11.9.